The lowest BCUT2D eigenvalue weighted by molar-refractivity contribution is 0.0724. The smallest absolute Gasteiger partial charge is 0.254 e. The second-order valence-electron chi connectivity index (χ2n) is 6.23. The van der Waals surface area contributed by atoms with Gasteiger partial charge in [0.25, 0.3) is 5.91 Å². The van der Waals surface area contributed by atoms with Gasteiger partial charge in [0.2, 0.25) is 0 Å². The van der Waals surface area contributed by atoms with E-state index in [0.29, 0.717) is 24.5 Å². The number of likely N-dealkylation sites (tertiary alicyclic amines) is 1. The number of methoxy groups -OCH3 is 1. The minimum absolute atomic E-state index is 0.0876. The van der Waals surface area contributed by atoms with Gasteiger partial charge in [-0.05, 0) is 55.7 Å². The van der Waals surface area contributed by atoms with Gasteiger partial charge in [0, 0.05) is 24.8 Å². The van der Waals surface area contributed by atoms with E-state index in [9.17, 15) is 4.79 Å². The number of aromatic nitrogens is 1. The van der Waals surface area contributed by atoms with Crippen LogP contribution in [-0.2, 0) is 0 Å². The number of hydrogen-bond donors (Lipinski definition) is 1. The molecule has 1 aromatic carbocycles. The summed E-state index contributed by atoms with van der Waals surface area (Å²) < 4.78 is 10.8. The highest BCUT2D eigenvalue weighted by Gasteiger charge is 2.18. The molecule has 0 saturated carbocycles. The fraction of sp³-hybridized carbons (Fsp3) is 0.400. The van der Waals surface area contributed by atoms with Crippen molar-refractivity contribution in [1.29, 1.82) is 0 Å². The van der Waals surface area contributed by atoms with Gasteiger partial charge in [0.05, 0.1) is 13.7 Å². The van der Waals surface area contributed by atoms with Crippen molar-refractivity contribution in [3.63, 3.8) is 0 Å². The van der Waals surface area contributed by atoms with Crippen molar-refractivity contribution in [3.8, 4) is 11.5 Å². The van der Waals surface area contributed by atoms with Crippen LogP contribution < -0.4 is 14.8 Å². The molecule has 0 unspecified atom stereocenters. The van der Waals surface area contributed by atoms with Gasteiger partial charge in [-0.15, -0.1) is 0 Å². The molecular weight excluding hydrogens is 330 g/mol. The summed E-state index contributed by atoms with van der Waals surface area (Å²) in [5.41, 5.74) is 0.681. The van der Waals surface area contributed by atoms with Crippen molar-refractivity contribution in [1.82, 2.24) is 9.88 Å². The van der Waals surface area contributed by atoms with Crippen LogP contribution >= 0.6 is 0 Å². The molecule has 1 saturated heterocycles. The first-order chi connectivity index (χ1) is 12.8. The SMILES string of the molecule is COc1ccc(OCCNc2cc(C(=O)N3CCCCC3)ccn2)cc1. The van der Waals surface area contributed by atoms with E-state index >= 15 is 0 Å². The van der Waals surface area contributed by atoms with Crippen molar-refractivity contribution in [2.45, 2.75) is 19.3 Å². The minimum atomic E-state index is 0.0876. The second kappa shape index (κ2) is 9.08. The summed E-state index contributed by atoms with van der Waals surface area (Å²) in [5, 5.41) is 3.20. The zero-order valence-electron chi connectivity index (χ0n) is 15.1. The lowest BCUT2D eigenvalue weighted by Gasteiger charge is -2.26. The molecule has 1 aliphatic rings. The maximum absolute atomic E-state index is 12.6. The van der Waals surface area contributed by atoms with E-state index in [4.69, 9.17) is 9.47 Å². The second-order valence-corrected chi connectivity index (χ2v) is 6.23. The Hall–Kier alpha value is -2.76. The van der Waals surface area contributed by atoms with E-state index in [1.165, 1.54) is 6.42 Å². The summed E-state index contributed by atoms with van der Waals surface area (Å²) in [6, 6.07) is 11.0. The number of hydrogen-bond acceptors (Lipinski definition) is 5. The molecule has 0 aliphatic carbocycles. The lowest BCUT2D eigenvalue weighted by atomic mass is 10.1. The van der Waals surface area contributed by atoms with Gasteiger partial charge < -0.3 is 19.7 Å². The van der Waals surface area contributed by atoms with Crippen LogP contribution in [-0.4, -0.2) is 49.1 Å². The van der Waals surface area contributed by atoms with E-state index in [1.54, 1.807) is 19.4 Å². The quantitative estimate of drug-likeness (QED) is 0.773. The Labute approximate surface area is 154 Å². The molecule has 0 atom stereocenters. The number of carbonyl (C=O) groups is 1. The summed E-state index contributed by atoms with van der Waals surface area (Å²) in [5.74, 6) is 2.36. The Morgan fingerprint density at radius 3 is 2.58 bits per heavy atom. The molecule has 1 aromatic heterocycles. The van der Waals surface area contributed by atoms with Gasteiger partial charge in [-0.1, -0.05) is 0 Å². The molecule has 138 valence electrons. The average Bonchev–Trinajstić information content (AvgIpc) is 2.72. The van der Waals surface area contributed by atoms with E-state index in [-0.39, 0.29) is 5.91 Å². The molecular formula is C20H25N3O3. The number of rotatable bonds is 7. The molecule has 6 nitrogen and oxygen atoms in total. The molecule has 2 aromatic rings. The van der Waals surface area contributed by atoms with E-state index in [2.05, 4.69) is 10.3 Å². The van der Waals surface area contributed by atoms with E-state index < -0.39 is 0 Å². The maximum atomic E-state index is 12.6. The standard InChI is InChI=1S/C20H25N3O3/c1-25-17-5-7-18(8-6-17)26-14-11-22-19-15-16(9-10-21-19)20(24)23-12-3-2-4-13-23/h5-10,15H,2-4,11-14H2,1H3,(H,21,22). The summed E-state index contributed by atoms with van der Waals surface area (Å²) >= 11 is 0. The zero-order chi connectivity index (χ0) is 18.2. The van der Waals surface area contributed by atoms with E-state index in [1.807, 2.05) is 35.2 Å². The molecule has 0 spiro atoms. The highest BCUT2D eigenvalue weighted by molar-refractivity contribution is 5.94. The van der Waals surface area contributed by atoms with Gasteiger partial charge in [0.1, 0.15) is 23.9 Å². The van der Waals surface area contributed by atoms with Crippen LogP contribution in [0.2, 0.25) is 0 Å². The molecule has 2 heterocycles. The highest BCUT2D eigenvalue weighted by Crippen LogP contribution is 2.17. The maximum Gasteiger partial charge on any atom is 0.254 e. The summed E-state index contributed by atoms with van der Waals surface area (Å²) in [4.78, 5) is 18.8. The number of nitrogens with one attached hydrogen (secondary N) is 1. The third-order valence-corrected chi connectivity index (χ3v) is 4.39. The number of carbonyl (C=O) groups excluding carboxylic acids is 1. The van der Waals surface area contributed by atoms with Crippen LogP contribution in [0, 0.1) is 0 Å². The van der Waals surface area contributed by atoms with Crippen LogP contribution in [0.1, 0.15) is 29.6 Å². The molecule has 3 rings (SSSR count). The number of nitrogens with zero attached hydrogens (tertiary/aromatic N) is 2. The summed E-state index contributed by atoms with van der Waals surface area (Å²) in [6.45, 7) is 2.79. The van der Waals surface area contributed by atoms with Gasteiger partial charge in [0.15, 0.2) is 0 Å². The third-order valence-electron chi connectivity index (χ3n) is 4.39. The first kappa shape index (κ1) is 18.0. The molecule has 6 heteroatoms. The van der Waals surface area contributed by atoms with Crippen molar-refractivity contribution in [3.05, 3.63) is 48.2 Å². The number of piperidine rings is 1. The molecule has 1 N–H and O–H groups in total. The highest BCUT2D eigenvalue weighted by atomic mass is 16.5. The number of anilines is 1. The fourth-order valence-electron chi connectivity index (χ4n) is 2.96. The van der Waals surface area contributed by atoms with Crippen LogP contribution in [0.25, 0.3) is 0 Å². The Morgan fingerprint density at radius 2 is 1.85 bits per heavy atom. The molecule has 0 radical (unpaired) electrons. The Morgan fingerprint density at radius 1 is 1.12 bits per heavy atom. The van der Waals surface area contributed by atoms with Gasteiger partial charge in [-0.25, -0.2) is 4.98 Å². The largest absolute Gasteiger partial charge is 0.497 e. The van der Waals surface area contributed by atoms with E-state index in [0.717, 1.165) is 37.4 Å². The molecule has 1 fully saturated rings. The normalized spacial score (nSPS) is 14.0. The van der Waals surface area contributed by atoms with Gasteiger partial charge >= 0.3 is 0 Å². The van der Waals surface area contributed by atoms with Crippen molar-refractivity contribution in [2.75, 3.05) is 38.7 Å². The fourth-order valence-corrected chi connectivity index (χ4v) is 2.96. The van der Waals surface area contributed by atoms with Crippen molar-refractivity contribution >= 4 is 11.7 Å². The van der Waals surface area contributed by atoms with Gasteiger partial charge in [-0.3, -0.25) is 4.79 Å². The third kappa shape index (κ3) is 4.88. The lowest BCUT2D eigenvalue weighted by Crippen LogP contribution is -2.35. The first-order valence-corrected chi connectivity index (χ1v) is 9.02. The number of ether oxygens (including phenoxy) is 2. The Bertz CT molecular complexity index is 712. The molecule has 0 bridgehead atoms. The number of benzene rings is 1. The first-order valence-electron chi connectivity index (χ1n) is 9.02. The minimum Gasteiger partial charge on any atom is -0.497 e. The van der Waals surface area contributed by atoms with Crippen LogP contribution in [0.15, 0.2) is 42.6 Å². The number of pyridine rings is 1. The Kier molecular flexibility index (Phi) is 6.30. The summed E-state index contributed by atoms with van der Waals surface area (Å²) in [7, 11) is 1.64. The zero-order valence-corrected chi connectivity index (χ0v) is 15.1. The summed E-state index contributed by atoms with van der Waals surface area (Å²) in [6.07, 6.45) is 5.06. The van der Waals surface area contributed by atoms with Crippen LogP contribution in [0.3, 0.4) is 0 Å². The molecule has 1 amide bonds. The topological polar surface area (TPSA) is 63.7 Å². The monoisotopic (exact) mass is 355 g/mol. The molecule has 26 heavy (non-hydrogen) atoms. The number of amides is 1. The predicted molar refractivity (Wildman–Crippen MR) is 101 cm³/mol. The van der Waals surface area contributed by atoms with Crippen molar-refractivity contribution < 1.29 is 14.3 Å². The average molecular weight is 355 g/mol. The predicted octanol–water partition coefficient (Wildman–Crippen LogP) is 3.21. The van der Waals surface area contributed by atoms with Gasteiger partial charge in [-0.2, -0.15) is 0 Å². The molecule has 1 aliphatic heterocycles. The Balaban J connectivity index is 1.48. The van der Waals surface area contributed by atoms with Crippen LogP contribution in [0.5, 0.6) is 11.5 Å². The van der Waals surface area contributed by atoms with Crippen molar-refractivity contribution in [2.24, 2.45) is 0 Å². The van der Waals surface area contributed by atoms with Crippen LogP contribution in [0.4, 0.5) is 5.82 Å².